The minimum Gasteiger partial charge on any atom is -0.485 e. The summed E-state index contributed by atoms with van der Waals surface area (Å²) in [4.78, 5) is 13.3. The summed E-state index contributed by atoms with van der Waals surface area (Å²) in [6.45, 7) is 8.49. The lowest BCUT2D eigenvalue weighted by molar-refractivity contribution is -0.132. The number of hydrogen-bond acceptors (Lipinski definition) is 5. The molecule has 0 bridgehead atoms. The van der Waals surface area contributed by atoms with Crippen LogP contribution in [0, 0.1) is 0 Å². The van der Waals surface area contributed by atoms with Gasteiger partial charge in [-0.15, -0.1) is 0 Å². The zero-order valence-corrected chi connectivity index (χ0v) is 24.1. The third kappa shape index (κ3) is 6.87. The van der Waals surface area contributed by atoms with Gasteiger partial charge in [0.1, 0.15) is 25.4 Å². The molecule has 5 nitrogen and oxygen atoms in total. The molecule has 4 aromatic carbocycles. The molecule has 1 saturated heterocycles. The van der Waals surface area contributed by atoms with Gasteiger partial charge in [0, 0.05) is 5.57 Å². The summed E-state index contributed by atoms with van der Waals surface area (Å²) in [7, 11) is 0. The second-order valence-corrected chi connectivity index (χ2v) is 11.2. The largest absolute Gasteiger partial charge is 0.485 e. The van der Waals surface area contributed by atoms with Crippen LogP contribution in [-0.4, -0.2) is 17.0 Å². The Balaban J connectivity index is 1.56. The Bertz CT molecular complexity index is 1440. The summed E-state index contributed by atoms with van der Waals surface area (Å²) in [5, 5.41) is 0. The normalized spacial score (nSPS) is 16.5. The average molecular weight is 549 g/mol. The van der Waals surface area contributed by atoms with Crippen LogP contribution >= 0.6 is 0 Å². The van der Waals surface area contributed by atoms with Crippen molar-refractivity contribution >= 4 is 11.9 Å². The van der Waals surface area contributed by atoms with Crippen LogP contribution in [0.5, 0.6) is 17.2 Å². The molecule has 1 fully saturated rings. The van der Waals surface area contributed by atoms with E-state index in [1.54, 1.807) is 13.8 Å². The van der Waals surface area contributed by atoms with E-state index in [9.17, 15) is 4.79 Å². The average Bonchev–Trinajstić information content (AvgIpc) is 3.13. The number of hydrogen-bond donors (Lipinski definition) is 0. The molecule has 0 saturated carbocycles. The molecular weight excluding hydrogens is 512 g/mol. The third-order valence-electron chi connectivity index (χ3n) is 7.00. The van der Waals surface area contributed by atoms with E-state index in [0.29, 0.717) is 42.6 Å². The van der Waals surface area contributed by atoms with Gasteiger partial charge >= 0.3 is 0 Å². The molecule has 5 rings (SSSR count). The molecule has 0 amide bonds. The predicted molar refractivity (Wildman–Crippen MR) is 161 cm³/mol. The number of ketones is 1. The lowest BCUT2D eigenvalue weighted by atomic mass is 9.90. The van der Waals surface area contributed by atoms with E-state index in [0.717, 1.165) is 22.3 Å². The summed E-state index contributed by atoms with van der Waals surface area (Å²) >= 11 is 0. The maximum atomic E-state index is 13.3. The van der Waals surface area contributed by atoms with Crippen LogP contribution < -0.4 is 14.2 Å². The highest BCUT2D eigenvalue weighted by Gasteiger charge is 2.49. The Morgan fingerprint density at radius 1 is 0.610 bits per heavy atom. The fourth-order valence-corrected chi connectivity index (χ4v) is 4.98. The molecule has 0 radical (unpaired) electrons. The third-order valence-corrected chi connectivity index (χ3v) is 7.00. The fraction of sp³-hybridized carbons (Fsp3) is 0.250. The predicted octanol–water partition coefficient (Wildman–Crippen LogP) is 7.96. The quantitative estimate of drug-likeness (QED) is 0.188. The number of rotatable bonds is 10. The number of carbonyl (C=O) groups excluding carboxylic acids is 1. The van der Waals surface area contributed by atoms with Crippen LogP contribution in [0.3, 0.4) is 0 Å². The topological polar surface area (TPSA) is 54.0 Å². The molecule has 1 aliphatic rings. The molecule has 0 spiro atoms. The van der Waals surface area contributed by atoms with Crippen molar-refractivity contribution in [2.75, 3.05) is 0 Å². The Labute approximate surface area is 242 Å². The summed E-state index contributed by atoms with van der Waals surface area (Å²) < 4.78 is 25.3. The standard InChI is InChI=1S/C36H36O5/c1-35(2)30(34(37)36(3,4)41-35)20-29-21-31(38-23-26-14-8-5-9-15-26)33(40-25-28-18-12-7-13-19-28)32(22-29)39-24-27-16-10-6-11-17-27/h5-22H,23-25H2,1-4H3. The van der Waals surface area contributed by atoms with Crippen LogP contribution in [0.2, 0.25) is 0 Å². The lowest BCUT2D eigenvalue weighted by Crippen LogP contribution is -2.29. The van der Waals surface area contributed by atoms with E-state index in [2.05, 4.69) is 0 Å². The first kappa shape index (κ1) is 28.2. The SMILES string of the molecule is CC1(C)OC(C)(C)C(=Cc2cc(OCc3ccccc3)c(OCc3ccccc3)c(OCc3ccccc3)c2)C1=O. The van der Waals surface area contributed by atoms with Crippen molar-refractivity contribution in [2.24, 2.45) is 0 Å². The van der Waals surface area contributed by atoms with Gasteiger partial charge in [0.2, 0.25) is 5.75 Å². The van der Waals surface area contributed by atoms with Gasteiger partial charge < -0.3 is 18.9 Å². The lowest BCUT2D eigenvalue weighted by Gasteiger charge is -2.22. The molecule has 4 aromatic rings. The Morgan fingerprint density at radius 2 is 1.02 bits per heavy atom. The van der Waals surface area contributed by atoms with Gasteiger partial charge in [-0.25, -0.2) is 0 Å². The van der Waals surface area contributed by atoms with Gasteiger partial charge in [-0.05, 0) is 68.2 Å². The van der Waals surface area contributed by atoms with Crippen LogP contribution in [-0.2, 0) is 29.4 Å². The molecule has 0 aliphatic carbocycles. The minimum absolute atomic E-state index is 0.0367. The van der Waals surface area contributed by atoms with E-state index in [-0.39, 0.29) is 5.78 Å². The van der Waals surface area contributed by atoms with Gasteiger partial charge in [-0.3, -0.25) is 4.79 Å². The monoisotopic (exact) mass is 548 g/mol. The van der Waals surface area contributed by atoms with E-state index < -0.39 is 11.2 Å². The molecule has 0 N–H and O–H groups in total. The van der Waals surface area contributed by atoms with E-state index in [1.807, 2.05) is 123 Å². The van der Waals surface area contributed by atoms with Crippen molar-refractivity contribution in [2.45, 2.75) is 58.7 Å². The molecule has 5 heteroatoms. The highest BCUT2D eigenvalue weighted by Crippen LogP contribution is 2.43. The van der Waals surface area contributed by atoms with E-state index >= 15 is 0 Å². The summed E-state index contributed by atoms with van der Waals surface area (Å²) in [5.41, 5.74) is 2.81. The van der Waals surface area contributed by atoms with Crippen LogP contribution in [0.25, 0.3) is 6.08 Å². The zero-order chi connectivity index (χ0) is 28.9. The molecule has 0 aromatic heterocycles. The van der Waals surface area contributed by atoms with Crippen molar-refractivity contribution < 1.29 is 23.7 Å². The molecular formula is C36H36O5. The van der Waals surface area contributed by atoms with Crippen LogP contribution in [0.4, 0.5) is 0 Å². The molecule has 41 heavy (non-hydrogen) atoms. The van der Waals surface area contributed by atoms with Crippen molar-refractivity contribution in [1.82, 2.24) is 0 Å². The minimum atomic E-state index is -0.895. The highest BCUT2D eigenvalue weighted by atomic mass is 16.5. The van der Waals surface area contributed by atoms with E-state index in [4.69, 9.17) is 18.9 Å². The van der Waals surface area contributed by atoms with Gasteiger partial charge in [-0.2, -0.15) is 0 Å². The summed E-state index contributed by atoms with van der Waals surface area (Å²) in [6.07, 6.45) is 1.88. The van der Waals surface area contributed by atoms with Crippen LogP contribution in [0.1, 0.15) is 49.9 Å². The summed E-state index contributed by atoms with van der Waals surface area (Å²) in [6, 6.07) is 33.7. The zero-order valence-electron chi connectivity index (χ0n) is 24.1. The first-order valence-corrected chi connectivity index (χ1v) is 13.9. The van der Waals surface area contributed by atoms with Gasteiger partial charge in [0.15, 0.2) is 17.3 Å². The van der Waals surface area contributed by atoms with Crippen LogP contribution in [0.15, 0.2) is 109 Å². The molecule has 210 valence electrons. The van der Waals surface area contributed by atoms with Gasteiger partial charge in [0.05, 0.1) is 5.60 Å². The Kier molecular flexibility index (Phi) is 8.27. The van der Waals surface area contributed by atoms with Crippen molar-refractivity contribution in [1.29, 1.82) is 0 Å². The maximum absolute atomic E-state index is 13.3. The highest BCUT2D eigenvalue weighted by molar-refractivity contribution is 6.08. The molecule has 0 atom stereocenters. The van der Waals surface area contributed by atoms with Crippen molar-refractivity contribution in [3.05, 3.63) is 131 Å². The second kappa shape index (κ2) is 12.0. The first-order valence-electron chi connectivity index (χ1n) is 13.9. The number of carbonyl (C=O) groups is 1. The molecule has 0 unspecified atom stereocenters. The molecule has 1 heterocycles. The fourth-order valence-electron chi connectivity index (χ4n) is 4.98. The van der Waals surface area contributed by atoms with E-state index in [1.165, 1.54) is 0 Å². The molecule has 1 aliphatic heterocycles. The van der Waals surface area contributed by atoms with Gasteiger partial charge in [-0.1, -0.05) is 91.0 Å². The Morgan fingerprint density at radius 3 is 1.41 bits per heavy atom. The van der Waals surface area contributed by atoms with Gasteiger partial charge in [0.25, 0.3) is 0 Å². The van der Waals surface area contributed by atoms with Crippen molar-refractivity contribution in [3.63, 3.8) is 0 Å². The maximum Gasteiger partial charge on any atom is 0.203 e. The second-order valence-electron chi connectivity index (χ2n) is 11.2. The number of Topliss-reactive ketones (excluding diaryl/α,β-unsaturated/α-hetero) is 1. The summed E-state index contributed by atoms with van der Waals surface area (Å²) in [5.74, 6) is 1.54. The Hall–Kier alpha value is -4.35. The smallest absolute Gasteiger partial charge is 0.203 e. The van der Waals surface area contributed by atoms with Crippen molar-refractivity contribution in [3.8, 4) is 17.2 Å². The number of ether oxygens (including phenoxy) is 4. The number of benzene rings is 4. The first-order chi connectivity index (χ1) is 19.7.